The fraction of sp³-hybridized carbons (Fsp3) is 0.571. The van der Waals surface area contributed by atoms with E-state index in [1.165, 1.54) is 46.8 Å². The molecule has 0 aromatic heterocycles. The predicted octanol–water partition coefficient (Wildman–Crippen LogP) is 5.54. The summed E-state index contributed by atoms with van der Waals surface area (Å²) in [4.78, 5) is 0. The average Bonchev–Trinajstić information content (AvgIpc) is 2.75. The topological polar surface area (TPSA) is 0 Å². The Kier molecular flexibility index (Phi) is 3.97. The van der Waals surface area contributed by atoms with Crippen molar-refractivity contribution in [3.8, 4) is 0 Å². The second-order valence-corrected chi connectivity index (χ2v) is 6.23. The lowest BCUT2D eigenvalue weighted by Crippen LogP contribution is -2.05. The minimum atomic E-state index is 0.203. The summed E-state index contributed by atoms with van der Waals surface area (Å²) in [6, 6.07) is 4.43. The van der Waals surface area contributed by atoms with Gasteiger partial charge in [-0.2, -0.15) is 0 Å². The molecule has 2 rings (SSSR count). The van der Waals surface area contributed by atoms with Crippen LogP contribution in [0.4, 0.5) is 0 Å². The lowest BCUT2D eigenvalue weighted by Gasteiger charge is -2.20. The minimum absolute atomic E-state index is 0.203. The molecule has 1 saturated carbocycles. The van der Waals surface area contributed by atoms with Crippen molar-refractivity contribution >= 4 is 27.5 Å². The molecule has 0 nitrogen and oxygen atoms in total. The van der Waals surface area contributed by atoms with Crippen LogP contribution in [-0.4, -0.2) is 0 Å². The molecule has 1 fully saturated rings. The van der Waals surface area contributed by atoms with Crippen molar-refractivity contribution in [1.29, 1.82) is 0 Å². The summed E-state index contributed by atoms with van der Waals surface area (Å²) >= 11 is 10.2. The number of alkyl halides is 1. The van der Waals surface area contributed by atoms with Crippen molar-refractivity contribution in [2.75, 3.05) is 0 Å². The van der Waals surface area contributed by atoms with Gasteiger partial charge in [-0.15, -0.1) is 11.6 Å². The van der Waals surface area contributed by atoms with Gasteiger partial charge >= 0.3 is 0 Å². The van der Waals surface area contributed by atoms with E-state index in [-0.39, 0.29) is 5.38 Å². The van der Waals surface area contributed by atoms with Gasteiger partial charge in [0.05, 0.1) is 5.38 Å². The van der Waals surface area contributed by atoms with Crippen molar-refractivity contribution in [2.45, 2.75) is 44.9 Å². The van der Waals surface area contributed by atoms with Crippen LogP contribution >= 0.6 is 27.5 Å². The molecule has 1 aliphatic carbocycles. The molecule has 0 saturated heterocycles. The van der Waals surface area contributed by atoms with E-state index >= 15 is 0 Å². The summed E-state index contributed by atoms with van der Waals surface area (Å²) in [6.45, 7) is 4.29. The van der Waals surface area contributed by atoms with E-state index in [0.29, 0.717) is 5.92 Å². The summed E-state index contributed by atoms with van der Waals surface area (Å²) in [5.74, 6) is 0.681. The average molecular weight is 302 g/mol. The number of halogens is 2. The highest BCUT2D eigenvalue weighted by atomic mass is 79.9. The third-order valence-corrected chi connectivity index (χ3v) is 5.10. The maximum atomic E-state index is 6.63. The van der Waals surface area contributed by atoms with Crippen LogP contribution < -0.4 is 0 Å². The summed E-state index contributed by atoms with van der Waals surface area (Å²) in [5.41, 5.74) is 3.92. The second-order valence-electron chi connectivity index (χ2n) is 4.90. The molecule has 1 atom stereocenters. The smallest absolute Gasteiger partial charge is 0.0616 e. The highest BCUT2D eigenvalue weighted by molar-refractivity contribution is 9.10. The quantitative estimate of drug-likeness (QED) is 0.629. The Bertz CT molecular complexity index is 381. The molecule has 0 amide bonds. The number of benzene rings is 1. The largest absolute Gasteiger partial charge is 0.118 e. The maximum absolute atomic E-state index is 6.63. The minimum Gasteiger partial charge on any atom is -0.118 e. The molecular weight excluding hydrogens is 284 g/mol. The van der Waals surface area contributed by atoms with Crippen LogP contribution in [0.25, 0.3) is 0 Å². The number of rotatable bonds is 2. The van der Waals surface area contributed by atoms with Crippen molar-refractivity contribution < 1.29 is 0 Å². The molecule has 16 heavy (non-hydrogen) atoms. The van der Waals surface area contributed by atoms with Crippen LogP contribution in [0.1, 0.15) is 47.8 Å². The Morgan fingerprint density at radius 3 is 2.44 bits per heavy atom. The first kappa shape index (κ1) is 12.4. The predicted molar refractivity (Wildman–Crippen MR) is 74.2 cm³/mol. The molecular formula is C14H18BrCl. The zero-order valence-electron chi connectivity index (χ0n) is 9.89. The first-order chi connectivity index (χ1) is 7.59. The molecule has 1 aromatic carbocycles. The Hall–Kier alpha value is -0.0100. The van der Waals surface area contributed by atoms with Crippen LogP contribution in [0.2, 0.25) is 0 Å². The van der Waals surface area contributed by atoms with E-state index in [2.05, 4.69) is 41.9 Å². The molecule has 1 unspecified atom stereocenters. The Balaban J connectivity index is 2.28. The fourth-order valence-electron chi connectivity index (χ4n) is 2.60. The van der Waals surface area contributed by atoms with Crippen molar-refractivity contribution in [3.63, 3.8) is 0 Å². The van der Waals surface area contributed by atoms with Gasteiger partial charge in [0.15, 0.2) is 0 Å². The molecule has 0 aliphatic heterocycles. The highest BCUT2D eigenvalue weighted by Crippen LogP contribution is 2.41. The summed E-state index contributed by atoms with van der Waals surface area (Å²) in [7, 11) is 0. The van der Waals surface area contributed by atoms with Crippen LogP contribution in [0.5, 0.6) is 0 Å². The molecule has 1 aliphatic rings. The van der Waals surface area contributed by atoms with Gasteiger partial charge in [-0.05, 0) is 55.4 Å². The monoisotopic (exact) mass is 300 g/mol. The van der Waals surface area contributed by atoms with Crippen molar-refractivity contribution in [1.82, 2.24) is 0 Å². The van der Waals surface area contributed by atoms with Crippen LogP contribution in [0.3, 0.4) is 0 Å². The molecule has 1 aromatic rings. The number of hydrogen-bond acceptors (Lipinski definition) is 0. The Labute approximate surface area is 112 Å². The van der Waals surface area contributed by atoms with Crippen LogP contribution in [-0.2, 0) is 0 Å². The summed E-state index contributed by atoms with van der Waals surface area (Å²) < 4.78 is 1.18. The standard InChI is InChI=1S/C14H18BrCl/c1-9-8-13(15)10(2)7-12(9)14(16)11-5-3-4-6-11/h7-8,11,14H,3-6H2,1-2H3. The Morgan fingerprint density at radius 1 is 1.19 bits per heavy atom. The van der Waals surface area contributed by atoms with Gasteiger partial charge in [-0.3, -0.25) is 0 Å². The van der Waals surface area contributed by atoms with E-state index in [1.807, 2.05) is 0 Å². The third-order valence-electron chi connectivity index (χ3n) is 3.66. The van der Waals surface area contributed by atoms with Gasteiger partial charge in [0.2, 0.25) is 0 Å². The van der Waals surface area contributed by atoms with Crippen LogP contribution in [0, 0.1) is 19.8 Å². The molecule has 2 heteroatoms. The number of hydrogen-bond donors (Lipinski definition) is 0. The van der Waals surface area contributed by atoms with Crippen LogP contribution in [0.15, 0.2) is 16.6 Å². The van der Waals surface area contributed by atoms with Gasteiger partial charge in [0.1, 0.15) is 0 Å². The molecule has 0 N–H and O–H groups in total. The fourth-order valence-corrected chi connectivity index (χ4v) is 3.55. The van der Waals surface area contributed by atoms with E-state index < -0.39 is 0 Å². The summed E-state index contributed by atoms with van der Waals surface area (Å²) in [6.07, 6.45) is 5.29. The second kappa shape index (κ2) is 5.10. The molecule has 0 bridgehead atoms. The van der Waals surface area contributed by atoms with Crippen molar-refractivity contribution in [2.24, 2.45) is 5.92 Å². The van der Waals surface area contributed by atoms with Gasteiger partial charge in [0, 0.05) is 4.47 Å². The zero-order chi connectivity index (χ0) is 11.7. The third kappa shape index (κ3) is 2.46. The van der Waals surface area contributed by atoms with Gasteiger partial charge < -0.3 is 0 Å². The zero-order valence-corrected chi connectivity index (χ0v) is 12.2. The molecule has 88 valence electrons. The SMILES string of the molecule is Cc1cc(C(Cl)C2CCCC2)c(C)cc1Br. The Morgan fingerprint density at radius 2 is 1.81 bits per heavy atom. The van der Waals surface area contributed by atoms with Gasteiger partial charge in [0.25, 0.3) is 0 Å². The first-order valence-electron chi connectivity index (χ1n) is 6.00. The van der Waals surface area contributed by atoms with E-state index in [4.69, 9.17) is 11.6 Å². The van der Waals surface area contributed by atoms with Gasteiger partial charge in [-0.25, -0.2) is 0 Å². The van der Waals surface area contributed by atoms with E-state index in [9.17, 15) is 0 Å². The molecule has 0 radical (unpaired) electrons. The van der Waals surface area contributed by atoms with Gasteiger partial charge in [-0.1, -0.05) is 34.8 Å². The molecule has 0 heterocycles. The lowest BCUT2D eigenvalue weighted by atomic mass is 9.93. The van der Waals surface area contributed by atoms with E-state index in [1.54, 1.807) is 0 Å². The van der Waals surface area contributed by atoms with E-state index in [0.717, 1.165) is 0 Å². The lowest BCUT2D eigenvalue weighted by molar-refractivity contribution is 0.527. The normalized spacial score (nSPS) is 19.0. The molecule has 0 spiro atoms. The number of aryl methyl sites for hydroxylation is 2. The maximum Gasteiger partial charge on any atom is 0.0616 e. The summed E-state index contributed by atoms with van der Waals surface area (Å²) in [5, 5.41) is 0.203. The van der Waals surface area contributed by atoms with Crippen molar-refractivity contribution in [3.05, 3.63) is 33.3 Å². The first-order valence-corrected chi connectivity index (χ1v) is 7.23. The highest BCUT2D eigenvalue weighted by Gasteiger charge is 2.25.